The number of aromatic nitrogens is 3. The number of rotatable bonds is 5. The zero-order chi connectivity index (χ0) is 16.9. The fourth-order valence-electron chi connectivity index (χ4n) is 3.28. The van der Waals surface area contributed by atoms with Gasteiger partial charge in [-0.1, -0.05) is 24.3 Å². The molecule has 1 unspecified atom stereocenters. The maximum Gasteiger partial charge on any atom is 0.318 e. The van der Waals surface area contributed by atoms with Crippen molar-refractivity contribution in [2.45, 2.75) is 31.8 Å². The SMILES string of the molecule is Cn1cnc(CNC(=O)N(CCO)C2CCCc3ccccc32)n1. The highest BCUT2D eigenvalue weighted by molar-refractivity contribution is 5.74. The van der Waals surface area contributed by atoms with E-state index in [1.807, 2.05) is 12.1 Å². The monoisotopic (exact) mass is 329 g/mol. The summed E-state index contributed by atoms with van der Waals surface area (Å²) >= 11 is 0. The number of carbonyl (C=O) groups excluding carboxylic acids is 1. The molecule has 0 saturated heterocycles. The second-order valence-corrected chi connectivity index (χ2v) is 6.02. The quantitative estimate of drug-likeness (QED) is 0.868. The molecule has 1 aliphatic carbocycles. The van der Waals surface area contributed by atoms with Crippen LogP contribution in [0.15, 0.2) is 30.6 Å². The molecule has 2 N–H and O–H groups in total. The molecule has 0 saturated carbocycles. The van der Waals surface area contributed by atoms with Gasteiger partial charge in [-0.05, 0) is 30.4 Å². The van der Waals surface area contributed by atoms with E-state index in [0.717, 1.165) is 19.3 Å². The molecule has 0 fully saturated rings. The van der Waals surface area contributed by atoms with Gasteiger partial charge in [-0.25, -0.2) is 9.78 Å². The van der Waals surface area contributed by atoms with E-state index in [1.54, 1.807) is 23.0 Å². The number of urea groups is 1. The van der Waals surface area contributed by atoms with Crippen LogP contribution in [0.2, 0.25) is 0 Å². The summed E-state index contributed by atoms with van der Waals surface area (Å²) in [6.45, 7) is 0.518. The summed E-state index contributed by atoms with van der Waals surface area (Å²) in [6.07, 6.45) is 4.59. The van der Waals surface area contributed by atoms with Gasteiger partial charge in [-0.2, -0.15) is 5.10 Å². The molecule has 0 radical (unpaired) electrons. The topological polar surface area (TPSA) is 83.3 Å². The summed E-state index contributed by atoms with van der Waals surface area (Å²) in [7, 11) is 1.79. The van der Waals surface area contributed by atoms with Crippen LogP contribution in [0.1, 0.15) is 35.8 Å². The van der Waals surface area contributed by atoms with E-state index < -0.39 is 0 Å². The second kappa shape index (κ2) is 7.44. The predicted octanol–water partition coefficient (Wildman–Crippen LogP) is 1.40. The molecule has 1 atom stereocenters. The maximum absolute atomic E-state index is 12.7. The van der Waals surface area contributed by atoms with E-state index in [4.69, 9.17) is 0 Å². The summed E-state index contributed by atoms with van der Waals surface area (Å²) in [6, 6.07) is 8.04. The number of carbonyl (C=O) groups is 1. The molecule has 1 aromatic heterocycles. The van der Waals surface area contributed by atoms with E-state index in [2.05, 4.69) is 27.5 Å². The lowest BCUT2D eigenvalue weighted by atomic mass is 9.87. The summed E-state index contributed by atoms with van der Waals surface area (Å²) in [4.78, 5) is 18.5. The van der Waals surface area contributed by atoms with Crippen molar-refractivity contribution in [2.75, 3.05) is 13.2 Å². The Labute approximate surface area is 141 Å². The Bertz CT molecular complexity index is 700. The van der Waals surface area contributed by atoms with E-state index >= 15 is 0 Å². The number of hydrogen-bond donors (Lipinski definition) is 2. The molecule has 7 nitrogen and oxygen atoms in total. The molecule has 0 bridgehead atoms. The van der Waals surface area contributed by atoms with Crippen LogP contribution in [0, 0.1) is 0 Å². The van der Waals surface area contributed by atoms with Gasteiger partial charge in [-0.15, -0.1) is 0 Å². The lowest BCUT2D eigenvalue weighted by Gasteiger charge is -2.35. The molecule has 0 spiro atoms. The van der Waals surface area contributed by atoms with Crippen molar-refractivity contribution in [1.82, 2.24) is 25.0 Å². The fraction of sp³-hybridized carbons (Fsp3) is 0.471. The molecule has 24 heavy (non-hydrogen) atoms. The van der Waals surface area contributed by atoms with Crippen molar-refractivity contribution in [3.8, 4) is 0 Å². The van der Waals surface area contributed by atoms with Crippen LogP contribution in [0.4, 0.5) is 4.79 Å². The van der Waals surface area contributed by atoms with Gasteiger partial charge < -0.3 is 15.3 Å². The molecule has 0 aliphatic heterocycles. The first-order valence-corrected chi connectivity index (χ1v) is 8.26. The zero-order valence-electron chi connectivity index (χ0n) is 13.9. The first kappa shape index (κ1) is 16.4. The van der Waals surface area contributed by atoms with Gasteiger partial charge in [0, 0.05) is 13.6 Å². The van der Waals surface area contributed by atoms with Crippen LogP contribution in [0.5, 0.6) is 0 Å². The summed E-state index contributed by atoms with van der Waals surface area (Å²) < 4.78 is 1.60. The summed E-state index contributed by atoms with van der Waals surface area (Å²) in [5.41, 5.74) is 2.47. The van der Waals surface area contributed by atoms with Gasteiger partial charge in [0.05, 0.1) is 19.2 Å². The smallest absolute Gasteiger partial charge is 0.318 e. The highest BCUT2D eigenvalue weighted by Crippen LogP contribution is 2.34. The lowest BCUT2D eigenvalue weighted by Crippen LogP contribution is -2.44. The predicted molar refractivity (Wildman–Crippen MR) is 89.2 cm³/mol. The molecule has 3 rings (SSSR count). The molecular weight excluding hydrogens is 306 g/mol. The van der Waals surface area contributed by atoms with E-state index in [0.29, 0.717) is 12.4 Å². The molecule has 7 heteroatoms. The van der Waals surface area contributed by atoms with Crippen LogP contribution in [0.25, 0.3) is 0 Å². The Kier molecular flexibility index (Phi) is 5.10. The van der Waals surface area contributed by atoms with E-state index in [1.165, 1.54) is 11.1 Å². The zero-order valence-corrected chi connectivity index (χ0v) is 13.9. The van der Waals surface area contributed by atoms with Gasteiger partial charge in [-0.3, -0.25) is 4.68 Å². The number of aryl methyl sites for hydroxylation is 2. The Morgan fingerprint density at radius 3 is 3.04 bits per heavy atom. The van der Waals surface area contributed by atoms with Gasteiger partial charge in [0.25, 0.3) is 0 Å². The maximum atomic E-state index is 12.7. The fourth-order valence-corrected chi connectivity index (χ4v) is 3.28. The minimum Gasteiger partial charge on any atom is -0.395 e. The van der Waals surface area contributed by atoms with E-state index in [9.17, 15) is 9.90 Å². The molecule has 1 heterocycles. The van der Waals surface area contributed by atoms with Crippen molar-refractivity contribution < 1.29 is 9.90 Å². The van der Waals surface area contributed by atoms with Gasteiger partial charge in [0.1, 0.15) is 6.33 Å². The number of aliphatic hydroxyl groups excluding tert-OH is 1. The van der Waals surface area contributed by atoms with Crippen molar-refractivity contribution >= 4 is 6.03 Å². The number of hydrogen-bond acceptors (Lipinski definition) is 4. The number of nitrogens with one attached hydrogen (secondary N) is 1. The minimum atomic E-state index is -0.196. The average Bonchev–Trinajstić information content (AvgIpc) is 3.02. The van der Waals surface area contributed by atoms with E-state index in [-0.39, 0.29) is 25.2 Å². The third kappa shape index (κ3) is 3.56. The second-order valence-electron chi connectivity index (χ2n) is 6.02. The molecule has 2 aromatic rings. The standard InChI is InChI=1S/C17H23N5O2/c1-21-12-19-16(20-21)11-18-17(24)22(9-10-23)15-8-4-6-13-5-2-3-7-14(13)15/h2-3,5,7,12,15,23H,4,6,8-11H2,1H3,(H,18,24). The van der Waals surface area contributed by atoms with Gasteiger partial charge in [0.15, 0.2) is 5.82 Å². The Morgan fingerprint density at radius 1 is 1.46 bits per heavy atom. The highest BCUT2D eigenvalue weighted by Gasteiger charge is 2.28. The lowest BCUT2D eigenvalue weighted by molar-refractivity contribution is 0.144. The van der Waals surface area contributed by atoms with Gasteiger partial charge >= 0.3 is 6.03 Å². The van der Waals surface area contributed by atoms with Crippen molar-refractivity contribution in [2.24, 2.45) is 7.05 Å². The first-order valence-electron chi connectivity index (χ1n) is 8.26. The normalized spacial score (nSPS) is 16.5. The molecule has 1 aliphatic rings. The number of nitrogens with zero attached hydrogens (tertiary/aromatic N) is 4. The number of aliphatic hydroxyl groups is 1. The average molecular weight is 329 g/mol. The molecule has 1 aromatic carbocycles. The Hall–Kier alpha value is -2.41. The molecule has 2 amide bonds. The van der Waals surface area contributed by atoms with Crippen LogP contribution < -0.4 is 5.32 Å². The highest BCUT2D eigenvalue weighted by atomic mass is 16.3. The largest absolute Gasteiger partial charge is 0.395 e. The van der Waals surface area contributed by atoms with Crippen molar-refractivity contribution in [1.29, 1.82) is 0 Å². The number of amides is 2. The minimum absolute atomic E-state index is 0.00112. The van der Waals surface area contributed by atoms with Crippen molar-refractivity contribution in [3.63, 3.8) is 0 Å². The number of benzene rings is 1. The Morgan fingerprint density at radius 2 is 2.29 bits per heavy atom. The third-order valence-corrected chi connectivity index (χ3v) is 4.36. The third-order valence-electron chi connectivity index (χ3n) is 4.36. The van der Waals surface area contributed by atoms with Crippen LogP contribution >= 0.6 is 0 Å². The molecular formula is C17H23N5O2. The van der Waals surface area contributed by atoms with Crippen molar-refractivity contribution in [3.05, 3.63) is 47.5 Å². The molecule has 128 valence electrons. The Balaban J connectivity index is 1.73. The van der Waals surface area contributed by atoms with Crippen LogP contribution in [-0.4, -0.2) is 44.0 Å². The van der Waals surface area contributed by atoms with Gasteiger partial charge in [0.2, 0.25) is 0 Å². The number of fused-ring (bicyclic) bond motifs is 1. The first-order chi connectivity index (χ1) is 11.7. The van der Waals surface area contributed by atoms with Crippen LogP contribution in [-0.2, 0) is 20.0 Å². The summed E-state index contributed by atoms with van der Waals surface area (Å²) in [5, 5.41) is 16.4. The van der Waals surface area contributed by atoms with Crippen LogP contribution in [0.3, 0.4) is 0 Å². The summed E-state index contributed by atoms with van der Waals surface area (Å²) in [5.74, 6) is 0.568.